The highest BCUT2D eigenvalue weighted by molar-refractivity contribution is 5.92. The van der Waals surface area contributed by atoms with Crippen molar-refractivity contribution in [2.45, 2.75) is 39.3 Å². The molecule has 2 aromatic heterocycles. The van der Waals surface area contributed by atoms with E-state index < -0.39 is 0 Å². The molecule has 0 spiro atoms. The van der Waals surface area contributed by atoms with E-state index in [9.17, 15) is 9.59 Å². The average molecular weight is 512 g/mol. The van der Waals surface area contributed by atoms with E-state index in [1.807, 2.05) is 82.7 Å². The molecule has 0 atom stereocenters. The normalized spacial score (nSPS) is 15.5. The first-order valence-corrected chi connectivity index (χ1v) is 13.2. The average Bonchev–Trinajstić information content (AvgIpc) is 3.33. The van der Waals surface area contributed by atoms with Crippen molar-refractivity contribution in [1.29, 1.82) is 0 Å². The molecule has 3 heterocycles. The Bertz CT molecular complexity index is 1390. The zero-order valence-electron chi connectivity index (χ0n) is 21.8. The minimum absolute atomic E-state index is 0.00210. The Hall–Kier alpha value is -4.04. The van der Waals surface area contributed by atoms with Gasteiger partial charge in [0, 0.05) is 63.5 Å². The number of fused-ring (bicyclic) bond motifs is 2. The highest BCUT2D eigenvalue weighted by atomic mass is 16.5. The van der Waals surface area contributed by atoms with E-state index in [0.29, 0.717) is 30.9 Å². The van der Waals surface area contributed by atoms with Gasteiger partial charge in [-0.25, -0.2) is 0 Å². The molecule has 196 valence electrons. The first-order chi connectivity index (χ1) is 18.6. The van der Waals surface area contributed by atoms with Gasteiger partial charge in [0.15, 0.2) is 5.58 Å². The van der Waals surface area contributed by atoms with Crippen LogP contribution in [0.15, 0.2) is 77.4 Å². The SMILES string of the molecule is CC(=O)N1CCCN(Cc2ccccn2)CCCN(C(=O)Cc2noc3ccccc23)Cc2ccccc21. The number of aromatic nitrogens is 2. The van der Waals surface area contributed by atoms with Crippen LogP contribution in [0.25, 0.3) is 11.0 Å². The van der Waals surface area contributed by atoms with Crippen molar-refractivity contribution < 1.29 is 14.1 Å². The van der Waals surface area contributed by atoms with Crippen LogP contribution >= 0.6 is 0 Å². The lowest BCUT2D eigenvalue weighted by atomic mass is 10.1. The number of pyridine rings is 1. The molecule has 0 unspecified atom stereocenters. The number of carbonyl (C=O) groups excluding carboxylic acids is 2. The molecule has 0 saturated carbocycles. The fraction of sp³-hybridized carbons (Fsp3) is 0.333. The zero-order chi connectivity index (χ0) is 26.3. The molecule has 38 heavy (non-hydrogen) atoms. The molecule has 2 amide bonds. The summed E-state index contributed by atoms with van der Waals surface area (Å²) < 4.78 is 5.44. The summed E-state index contributed by atoms with van der Waals surface area (Å²) in [6.45, 7) is 5.64. The van der Waals surface area contributed by atoms with Gasteiger partial charge in [-0.3, -0.25) is 19.5 Å². The third kappa shape index (κ3) is 6.08. The molecule has 8 nitrogen and oxygen atoms in total. The van der Waals surface area contributed by atoms with Crippen molar-refractivity contribution in [1.82, 2.24) is 19.9 Å². The largest absolute Gasteiger partial charge is 0.356 e. The third-order valence-electron chi connectivity index (χ3n) is 7.02. The predicted octanol–water partition coefficient (Wildman–Crippen LogP) is 4.44. The molecule has 0 N–H and O–H groups in total. The molecule has 0 bridgehead atoms. The summed E-state index contributed by atoms with van der Waals surface area (Å²) >= 11 is 0. The summed E-state index contributed by atoms with van der Waals surface area (Å²) in [5, 5.41) is 5.04. The highest BCUT2D eigenvalue weighted by Gasteiger charge is 2.23. The standard InChI is InChI=1S/C30H33N5O3/c1-23(36)35-19-9-17-33(22-25-11-6-7-15-31-25)16-8-18-34(21-24-10-2-4-13-28(24)35)30(37)20-27-26-12-3-5-14-29(26)38-32-27/h2-7,10-15H,8-9,16-22H2,1H3. The summed E-state index contributed by atoms with van der Waals surface area (Å²) in [6, 6.07) is 21.5. The minimum Gasteiger partial charge on any atom is -0.356 e. The Balaban J connectivity index is 1.41. The molecule has 4 aromatic rings. The van der Waals surface area contributed by atoms with Crippen molar-refractivity contribution in [2.75, 3.05) is 31.1 Å². The van der Waals surface area contributed by atoms with Crippen molar-refractivity contribution in [3.8, 4) is 0 Å². The fourth-order valence-electron chi connectivity index (χ4n) is 5.10. The van der Waals surface area contributed by atoms with Gasteiger partial charge >= 0.3 is 0 Å². The predicted molar refractivity (Wildman–Crippen MR) is 146 cm³/mol. The van der Waals surface area contributed by atoms with Gasteiger partial charge in [0.25, 0.3) is 0 Å². The third-order valence-corrected chi connectivity index (χ3v) is 7.02. The van der Waals surface area contributed by atoms with Crippen molar-refractivity contribution in [3.05, 3.63) is 89.9 Å². The molecule has 1 aliphatic heterocycles. The Morgan fingerprint density at radius 3 is 2.47 bits per heavy atom. The van der Waals surface area contributed by atoms with E-state index in [-0.39, 0.29) is 18.2 Å². The topological polar surface area (TPSA) is 82.8 Å². The first kappa shape index (κ1) is 25.6. The van der Waals surface area contributed by atoms with E-state index in [2.05, 4.69) is 15.0 Å². The molecule has 2 aromatic carbocycles. The molecule has 0 radical (unpaired) electrons. The summed E-state index contributed by atoms with van der Waals surface area (Å²) in [7, 11) is 0. The minimum atomic E-state index is -0.0124. The van der Waals surface area contributed by atoms with Crippen molar-refractivity contribution in [2.24, 2.45) is 0 Å². The lowest BCUT2D eigenvalue weighted by molar-refractivity contribution is -0.131. The van der Waals surface area contributed by atoms with Crippen LogP contribution in [0.4, 0.5) is 5.69 Å². The smallest absolute Gasteiger partial charge is 0.229 e. The van der Waals surface area contributed by atoms with Crippen LogP contribution < -0.4 is 4.90 Å². The van der Waals surface area contributed by atoms with Crippen LogP contribution in [0.1, 0.15) is 36.7 Å². The summed E-state index contributed by atoms with van der Waals surface area (Å²) in [6.07, 6.45) is 3.65. The van der Waals surface area contributed by atoms with Gasteiger partial charge in [0.05, 0.1) is 12.1 Å². The van der Waals surface area contributed by atoms with Crippen LogP contribution in [-0.4, -0.2) is 57.9 Å². The van der Waals surface area contributed by atoms with Crippen LogP contribution in [0, 0.1) is 0 Å². The van der Waals surface area contributed by atoms with Crippen LogP contribution in [-0.2, 0) is 29.1 Å². The van der Waals surface area contributed by atoms with E-state index in [0.717, 1.165) is 54.8 Å². The quantitative estimate of drug-likeness (QED) is 0.403. The number of anilines is 1. The number of hydrogen-bond donors (Lipinski definition) is 0. The lowest BCUT2D eigenvalue weighted by Crippen LogP contribution is -2.38. The van der Waals surface area contributed by atoms with Gasteiger partial charge in [-0.15, -0.1) is 0 Å². The number of amides is 2. The maximum atomic E-state index is 13.7. The Morgan fingerprint density at radius 1 is 0.895 bits per heavy atom. The van der Waals surface area contributed by atoms with Gasteiger partial charge in [-0.2, -0.15) is 0 Å². The van der Waals surface area contributed by atoms with E-state index in [1.54, 1.807) is 6.92 Å². The second-order valence-corrected chi connectivity index (χ2v) is 9.72. The second kappa shape index (κ2) is 12.0. The number of nitrogens with zero attached hydrogens (tertiary/aromatic N) is 5. The second-order valence-electron chi connectivity index (χ2n) is 9.72. The van der Waals surface area contributed by atoms with E-state index in [1.165, 1.54) is 0 Å². The van der Waals surface area contributed by atoms with E-state index in [4.69, 9.17) is 4.52 Å². The molecule has 8 heteroatoms. The number of rotatable bonds is 4. The van der Waals surface area contributed by atoms with Gasteiger partial charge in [0.1, 0.15) is 5.69 Å². The molecular weight excluding hydrogens is 478 g/mol. The Morgan fingerprint density at radius 2 is 1.66 bits per heavy atom. The molecule has 1 aliphatic rings. The highest BCUT2D eigenvalue weighted by Crippen LogP contribution is 2.25. The van der Waals surface area contributed by atoms with Crippen LogP contribution in [0.2, 0.25) is 0 Å². The van der Waals surface area contributed by atoms with Crippen molar-refractivity contribution in [3.63, 3.8) is 0 Å². The first-order valence-electron chi connectivity index (χ1n) is 13.2. The molecule has 0 saturated heterocycles. The monoisotopic (exact) mass is 511 g/mol. The Kier molecular flexibility index (Phi) is 8.09. The molecule has 5 rings (SSSR count). The summed E-state index contributed by atoms with van der Waals surface area (Å²) in [4.78, 5) is 37.0. The zero-order valence-corrected chi connectivity index (χ0v) is 21.8. The maximum Gasteiger partial charge on any atom is 0.229 e. The number of benzene rings is 2. The summed E-state index contributed by atoms with van der Waals surface area (Å²) in [5.74, 6) is -0.0145. The molecule has 0 fully saturated rings. The fourth-order valence-corrected chi connectivity index (χ4v) is 5.10. The lowest BCUT2D eigenvalue weighted by Gasteiger charge is -2.31. The van der Waals surface area contributed by atoms with Gasteiger partial charge in [-0.05, 0) is 48.7 Å². The van der Waals surface area contributed by atoms with Gasteiger partial charge < -0.3 is 14.3 Å². The number of carbonyl (C=O) groups is 2. The van der Waals surface area contributed by atoms with Crippen LogP contribution in [0.3, 0.4) is 0 Å². The van der Waals surface area contributed by atoms with Crippen molar-refractivity contribution >= 4 is 28.5 Å². The summed E-state index contributed by atoms with van der Waals surface area (Å²) in [5.41, 5.74) is 4.16. The molecule has 0 aliphatic carbocycles. The molecular formula is C30H33N5O3. The van der Waals surface area contributed by atoms with Gasteiger partial charge in [0.2, 0.25) is 11.8 Å². The number of para-hydroxylation sites is 2. The Labute approximate surface area is 222 Å². The van der Waals surface area contributed by atoms with Gasteiger partial charge in [-0.1, -0.05) is 41.6 Å². The number of hydrogen-bond acceptors (Lipinski definition) is 6. The maximum absolute atomic E-state index is 13.7. The van der Waals surface area contributed by atoms with E-state index >= 15 is 0 Å². The van der Waals surface area contributed by atoms with Crippen LogP contribution in [0.5, 0.6) is 0 Å².